The number of thiophene rings is 1. The zero-order valence-electron chi connectivity index (χ0n) is 12.7. The van der Waals surface area contributed by atoms with Gasteiger partial charge in [0.05, 0.1) is 5.39 Å². The van der Waals surface area contributed by atoms with E-state index in [1.165, 1.54) is 37.0 Å². The van der Waals surface area contributed by atoms with Crippen LogP contribution in [0.15, 0.2) is 6.07 Å². The molecule has 21 heavy (non-hydrogen) atoms. The molecule has 6 heteroatoms. The Morgan fingerprint density at radius 2 is 2.05 bits per heavy atom. The van der Waals surface area contributed by atoms with Gasteiger partial charge in [-0.3, -0.25) is 5.43 Å². The largest absolute Gasteiger partial charge is 0.369 e. The van der Waals surface area contributed by atoms with Crippen molar-refractivity contribution in [2.75, 3.05) is 17.3 Å². The predicted molar refractivity (Wildman–Crippen MR) is 89.6 cm³/mol. The Hall–Kier alpha value is -1.40. The minimum Gasteiger partial charge on any atom is -0.369 e. The van der Waals surface area contributed by atoms with E-state index < -0.39 is 0 Å². The molecule has 2 heterocycles. The van der Waals surface area contributed by atoms with Crippen molar-refractivity contribution in [3.8, 4) is 0 Å². The van der Waals surface area contributed by atoms with Crippen LogP contribution in [0.3, 0.4) is 0 Å². The van der Waals surface area contributed by atoms with Gasteiger partial charge >= 0.3 is 0 Å². The highest BCUT2D eigenvalue weighted by Gasteiger charge is 2.27. The third kappa shape index (κ3) is 3.11. The number of hydrazine groups is 1. The van der Waals surface area contributed by atoms with Crippen LogP contribution >= 0.6 is 11.3 Å². The summed E-state index contributed by atoms with van der Waals surface area (Å²) in [4.78, 5) is 11.1. The van der Waals surface area contributed by atoms with Crippen molar-refractivity contribution < 1.29 is 0 Å². The predicted octanol–water partition coefficient (Wildman–Crippen LogP) is 3.67. The van der Waals surface area contributed by atoms with Crippen LogP contribution in [0.4, 0.5) is 11.8 Å². The average molecular weight is 305 g/mol. The molecule has 1 aliphatic carbocycles. The lowest BCUT2D eigenvalue weighted by molar-refractivity contribution is 0.233. The number of nitrogens with one attached hydrogen (secondary N) is 2. The zero-order chi connectivity index (χ0) is 14.9. The standard InChI is InChI=1S/C15H23N5S/c1-10-8-11-12(18-14(20-16)19-13(11)21-10)17-9-15(2)6-4-3-5-7-15/h8H,3-7,9,16H2,1-2H3,(H2,17,18,19,20). The first-order valence-corrected chi connectivity index (χ1v) is 8.40. The van der Waals surface area contributed by atoms with Crippen molar-refractivity contribution in [3.05, 3.63) is 10.9 Å². The number of nitrogen functional groups attached to an aromatic ring is 1. The second-order valence-electron chi connectivity index (χ2n) is 6.34. The van der Waals surface area contributed by atoms with Gasteiger partial charge in [0, 0.05) is 11.4 Å². The number of anilines is 2. The molecule has 5 nitrogen and oxygen atoms in total. The topological polar surface area (TPSA) is 75.9 Å². The van der Waals surface area contributed by atoms with E-state index in [4.69, 9.17) is 5.84 Å². The van der Waals surface area contributed by atoms with Crippen molar-refractivity contribution >= 4 is 33.3 Å². The molecule has 0 atom stereocenters. The lowest BCUT2D eigenvalue weighted by Gasteiger charge is -2.33. The summed E-state index contributed by atoms with van der Waals surface area (Å²) in [5, 5.41) is 4.64. The Balaban J connectivity index is 1.85. The van der Waals surface area contributed by atoms with Gasteiger partial charge in [-0.15, -0.1) is 11.3 Å². The first-order valence-electron chi connectivity index (χ1n) is 7.58. The molecule has 0 saturated heterocycles. The molecule has 0 amide bonds. The maximum atomic E-state index is 5.48. The van der Waals surface area contributed by atoms with Gasteiger partial charge in [0.2, 0.25) is 5.95 Å². The molecule has 0 spiro atoms. The fourth-order valence-electron chi connectivity index (χ4n) is 3.12. The maximum Gasteiger partial charge on any atom is 0.240 e. The molecule has 114 valence electrons. The monoisotopic (exact) mass is 305 g/mol. The summed E-state index contributed by atoms with van der Waals surface area (Å²) >= 11 is 1.67. The number of nitrogens with zero attached hydrogens (tertiary/aromatic N) is 2. The van der Waals surface area contributed by atoms with Gasteiger partial charge < -0.3 is 5.32 Å². The number of hydrogen-bond donors (Lipinski definition) is 3. The van der Waals surface area contributed by atoms with Gasteiger partial charge in [-0.1, -0.05) is 26.2 Å². The van der Waals surface area contributed by atoms with Gasteiger partial charge in [0.25, 0.3) is 0 Å². The first-order chi connectivity index (χ1) is 10.1. The number of nitrogens with two attached hydrogens (primary N) is 1. The molecule has 1 aliphatic rings. The third-order valence-corrected chi connectivity index (χ3v) is 5.33. The molecule has 0 aliphatic heterocycles. The van der Waals surface area contributed by atoms with Crippen molar-refractivity contribution in [2.24, 2.45) is 11.3 Å². The summed E-state index contributed by atoms with van der Waals surface area (Å²) < 4.78 is 0. The minimum atomic E-state index is 0.372. The molecule has 0 radical (unpaired) electrons. The minimum absolute atomic E-state index is 0.372. The first kappa shape index (κ1) is 14.5. The van der Waals surface area contributed by atoms with Crippen LogP contribution in [-0.4, -0.2) is 16.5 Å². The SMILES string of the molecule is Cc1cc2c(NCC3(C)CCCCC3)nc(NN)nc2s1. The fourth-order valence-corrected chi connectivity index (χ4v) is 4.00. The van der Waals surface area contributed by atoms with E-state index in [1.54, 1.807) is 11.3 Å². The molecule has 0 aromatic carbocycles. The number of fused-ring (bicyclic) bond motifs is 1. The van der Waals surface area contributed by atoms with Gasteiger partial charge in [0.1, 0.15) is 10.6 Å². The van der Waals surface area contributed by atoms with Crippen molar-refractivity contribution in [2.45, 2.75) is 46.0 Å². The summed E-state index contributed by atoms with van der Waals surface area (Å²) in [6.45, 7) is 5.42. The van der Waals surface area contributed by atoms with Crippen LogP contribution in [-0.2, 0) is 0 Å². The van der Waals surface area contributed by atoms with E-state index in [0.717, 1.165) is 22.6 Å². The van der Waals surface area contributed by atoms with Crippen LogP contribution in [0.2, 0.25) is 0 Å². The molecule has 1 fully saturated rings. The van der Waals surface area contributed by atoms with Crippen LogP contribution in [0.1, 0.15) is 43.9 Å². The summed E-state index contributed by atoms with van der Waals surface area (Å²) in [7, 11) is 0. The maximum absolute atomic E-state index is 5.48. The smallest absolute Gasteiger partial charge is 0.240 e. The molecule has 4 N–H and O–H groups in total. The van der Waals surface area contributed by atoms with Gasteiger partial charge in [-0.2, -0.15) is 4.98 Å². The Labute approximate surface area is 129 Å². The fraction of sp³-hybridized carbons (Fsp3) is 0.600. The van der Waals surface area contributed by atoms with Crippen molar-refractivity contribution in [3.63, 3.8) is 0 Å². The molecule has 0 unspecified atom stereocenters. The van der Waals surface area contributed by atoms with E-state index in [1.807, 2.05) is 0 Å². The molecule has 2 aromatic heterocycles. The second-order valence-corrected chi connectivity index (χ2v) is 7.58. The molecule has 1 saturated carbocycles. The number of aromatic nitrogens is 2. The number of hydrogen-bond acceptors (Lipinski definition) is 6. The highest BCUT2D eigenvalue weighted by atomic mass is 32.1. The van der Waals surface area contributed by atoms with Gasteiger partial charge in [0.15, 0.2) is 0 Å². The number of rotatable bonds is 4. The summed E-state index contributed by atoms with van der Waals surface area (Å²) in [5.74, 6) is 6.85. The average Bonchev–Trinajstić information content (AvgIpc) is 2.85. The van der Waals surface area contributed by atoms with Crippen LogP contribution < -0.4 is 16.6 Å². The zero-order valence-corrected chi connectivity index (χ0v) is 13.5. The third-order valence-electron chi connectivity index (χ3n) is 4.39. The Kier molecular flexibility index (Phi) is 3.99. The normalized spacial score (nSPS) is 17.9. The molecular weight excluding hydrogens is 282 g/mol. The quantitative estimate of drug-likeness (QED) is 0.593. The lowest BCUT2D eigenvalue weighted by Crippen LogP contribution is -2.29. The van der Waals surface area contributed by atoms with Crippen LogP contribution in [0, 0.1) is 12.3 Å². The second kappa shape index (κ2) is 5.77. The molecule has 3 rings (SSSR count). The summed E-state index contributed by atoms with van der Waals surface area (Å²) in [6, 6.07) is 2.14. The van der Waals surface area contributed by atoms with E-state index >= 15 is 0 Å². The van der Waals surface area contributed by atoms with Gasteiger partial charge in [-0.05, 0) is 31.2 Å². The molecule has 0 bridgehead atoms. The van der Waals surface area contributed by atoms with E-state index in [0.29, 0.717) is 11.4 Å². The van der Waals surface area contributed by atoms with E-state index in [2.05, 4.69) is 40.6 Å². The summed E-state index contributed by atoms with van der Waals surface area (Å²) in [6.07, 6.45) is 6.63. The summed E-state index contributed by atoms with van der Waals surface area (Å²) in [5.41, 5.74) is 2.93. The Morgan fingerprint density at radius 3 is 2.76 bits per heavy atom. The van der Waals surface area contributed by atoms with E-state index in [-0.39, 0.29) is 0 Å². The van der Waals surface area contributed by atoms with Crippen LogP contribution in [0.25, 0.3) is 10.2 Å². The highest BCUT2D eigenvalue weighted by Crippen LogP contribution is 2.36. The van der Waals surface area contributed by atoms with E-state index in [9.17, 15) is 0 Å². The molecular formula is C15H23N5S. The Bertz CT molecular complexity index is 630. The molecule has 2 aromatic rings. The lowest BCUT2D eigenvalue weighted by atomic mass is 9.76. The van der Waals surface area contributed by atoms with Crippen LogP contribution in [0.5, 0.6) is 0 Å². The van der Waals surface area contributed by atoms with Crippen molar-refractivity contribution in [1.29, 1.82) is 0 Å². The highest BCUT2D eigenvalue weighted by molar-refractivity contribution is 7.18. The van der Waals surface area contributed by atoms with Gasteiger partial charge in [-0.25, -0.2) is 10.8 Å². The Morgan fingerprint density at radius 1 is 1.29 bits per heavy atom. The van der Waals surface area contributed by atoms with Crippen molar-refractivity contribution in [1.82, 2.24) is 9.97 Å². The number of aryl methyl sites for hydroxylation is 1.